The van der Waals surface area contributed by atoms with Gasteiger partial charge in [-0.3, -0.25) is 0 Å². The van der Waals surface area contributed by atoms with Crippen molar-refractivity contribution in [3.8, 4) is 11.5 Å². The molecule has 0 saturated carbocycles. The van der Waals surface area contributed by atoms with Crippen LogP contribution in [0.1, 0.15) is 37.5 Å². The Balaban J connectivity index is 2.43. The van der Waals surface area contributed by atoms with E-state index in [-0.39, 0.29) is 5.41 Å². The van der Waals surface area contributed by atoms with Gasteiger partial charge in [-0.15, -0.1) is 0 Å². The zero-order valence-corrected chi connectivity index (χ0v) is 13.1. The summed E-state index contributed by atoms with van der Waals surface area (Å²) in [4.78, 5) is 0. The average molecular weight is 285 g/mol. The number of ether oxygens (including phenoxy) is 1. The molecule has 2 aromatic carbocycles. The molecule has 0 saturated heterocycles. The molecule has 2 aromatic rings. The zero-order chi connectivity index (χ0) is 15.6. The van der Waals surface area contributed by atoms with Crippen molar-refractivity contribution in [2.75, 3.05) is 12.8 Å². The summed E-state index contributed by atoms with van der Waals surface area (Å²) in [7, 11) is 1.64. The van der Waals surface area contributed by atoms with Gasteiger partial charge >= 0.3 is 0 Å². The molecule has 0 heterocycles. The van der Waals surface area contributed by atoms with Gasteiger partial charge in [-0.1, -0.05) is 39.0 Å². The molecule has 21 heavy (non-hydrogen) atoms. The van der Waals surface area contributed by atoms with Crippen LogP contribution in [0.3, 0.4) is 0 Å². The molecular formula is C18H23NO2. The molecular weight excluding hydrogens is 262 g/mol. The van der Waals surface area contributed by atoms with Crippen molar-refractivity contribution in [2.24, 2.45) is 0 Å². The lowest BCUT2D eigenvalue weighted by Gasteiger charge is -2.22. The van der Waals surface area contributed by atoms with E-state index in [0.29, 0.717) is 17.9 Å². The Labute approximate surface area is 126 Å². The van der Waals surface area contributed by atoms with Crippen LogP contribution in [0.5, 0.6) is 11.5 Å². The number of aromatic hydroxyl groups is 1. The number of anilines is 1. The summed E-state index contributed by atoms with van der Waals surface area (Å²) in [5.41, 5.74) is 9.25. The molecule has 3 nitrogen and oxygen atoms in total. The van der Waals surface area contributed by atoms with Crippen LogP contribution >= 0.6 is 0 Å². The molecule has 0 fully saturated rings. The van der Waals surface area contributed by atoms with Crippen LogP contribution in [0.4, 0.5) is 5.69 Å². The fraction of sp³-hybridized carbons (Fsp3) is 0.333. The minimum atomic E-state index is -0.0973. The fourth-order valence-electron chi connectivity index (χ4n) is 2.48. The summed E-state index contributed by atoms with van der Waals surface area (Å²) in [6.07, 6.45) is 0.587. The van der Waals surface area contributed by atoms with Gasteiger partial charge in [-0.2, -0.15) is 0 Å². The van der Waals surface area contributed by atoms with Crippen molar-refractivity contribution in [1.29, 1.82) is 0 Å². The van der Waals surface area contributed by atoms with Gasteiger partial charge in [0.15, 0.2) is 0 Å². The van der Waals surface area contributed by atoms with Crippen molar-refractivity contribution < 1.29 is 9.84 Å². The first kappa shape index (κ1) is 15.2. The zero-order valence-electron chi connectivity index (χ0n) is 13.1. The molecule has 3 N–H and O–H groups in total. The summed E-state index contributed by atoms with van der Waals surface area (Å²) < 4.78 is 5.37. The lowest BCUT2D eigenvalue weighted by atomic mass is 9.84. The normalized spacial score (nSPS) is 11.4. The summed E-state index contributed by atoms with van der Waals surface area (Å²) in [6.45, 7) is 6.27. The van der Waals surface area contributed by atoms with Gasteiger partial charge in [-0.05, 0) is 34.7 Å². The molecule has 0 unspecified atom stereocenters. The Morgan fingerprint density at radius 3 is 2.43 bits per heavy atom. The first-order valence-corrected chi connectivity index (χ1v) is 7.06. The second-order valence-electron chi connectivity index (χ2n) is 6.31. The number of phenolic OH excluding ortho intramolecular Hbond substituents is 1. The molecule has 0 radical (unpaired) electrons. The van der Waals surface area contributed by atoms with Crippen LogP contribution in [-0.2, 0) is 11.8 Å². The van der Waals surface area contributed by atoms with Crippen molar-refractivity contribution >= 4 is 5.69 Å². The second kappa shape index (κ2) is 5.68. The summed E-state index contributed by atoms with van der Waals surface area (Å²) in [5.74, 6) is 1.14. The fourth-order valence-corrected chi connectivity index (χ4v) is 2.48. The number of hydrogen-bond acceptors (Lipinski definition) is 3. The predicted octanol–water partition coefficient (Wildman–Crippen LogP) is 3.87. The minimum Gasteiger partial charge on any atom is -0.507 e. The van der Waals surface area contributed by atoms with Crippen molar-refractivity contribution in [1.82, 2.24) is 0 Å². The molecule has 0 spiro atoms. The molecule has 2 rings (SSSR count). The molecule has 0 bridgehead atoms. The van der Waals surface area contributed by atoms with Crippen molar-refractivity contribution in [2.45, 2.75) is 32.6 Å². The lowest BCUT2D eigenvalue weighted by Crippen LogP contribution is -2.12. The summed E-state index contributed by atoms with van der Waals surface area (Å²) >= 11 is 0. The number of phenols is 1. The second-order valence-corrected chi connectivity index (χ2v) is 6.31. The maximum Gasteiger partial charge on any atom is 0.122 e. The van der Waals surface area contributed by atoms with Crippen molar-refractivity contribution in [3.63, 3.8) is 0 Å². The minimum absolute atomic E-state index is 0.0973. The molecule has 0 aliphatic carbocycles. The highest BCUT2D eigenvalue weighted by Gasteiger charge is 2.20. The molecule has 0 atom stereocenters. The maximum atomic E-state index is 10.5. The SMILES string of the molecule is COc1ccc(N)cc1Cc1cccc(C(C)(C)C)c1O. The van der Waals surface area contributed by atoms with Crippen LogP contribution < -0.4 is 10.5 Å². The first-order chi connectivity index (χ1) is 9.82. The van der Waals surface area contributed by atoms with E-state index in [9.17, 15) is 5.11 Å². The Hall–Kier alpha value is -2.16. The number of methoxy groups -OCH3 is 1. The molecule has 0 aromatic heterocycles. The lowest BCUT2D eigenvalue weighted by molar-refractivity contribution is 0.409. The number of para-hydroxylation sites is 1. The highest BCUT2D eigenvalue weighted by Crippen LogP contribution is 2.35. The molecule has 0 aliphatic rings. The standard InChI is InChI=1S/C18H23NO2/c1-18(2,3)15-7-5-6-12(17(15)20)10-13-11-14(19)8-9-16(13)21-4/h5-9,11,20H,10,19H2,1-4H3. The van der Waals surface area contributed by atoms with E-state index in [0.717, 1.165) is 22.4 Å². The number of nitrogens with two attached hydrogens (primary N) is 1. The molecule has 0 amide bonds. The largest absolute Gasteiger partial charge is 0.507 e. The Bertz CT molecular complexity index is 642. The maximum absolute atomic E-state index is 10.5. The predicted molar refractivity (Wildman–Crippen MR) is 87.0 cm³/mol. The Kier molecular flexibility index (Phi) is 4.12. The van der Waals surface area contributed by atoms with Crippen LogP contribution in [0.25, 0.3) is 0 Å². The molecule has 112 valence electrons. The Morgan fingerprint density at radius 1 is 1.10 bits per heavy atom. The van der Waals surface area contributed by atoms with Crippen LogP contribution in [0.15, 0.2) is 36.4 Å². The van der Waals surface area contributed by atoms with Gasteiger partial charge < -0.3 is 15.6 Å². The first-order valence-electron chi connectivity index (χ1n) is 7.06. The highest BCUT2D eigenvalue weighted by atomic mass is 16.5. The third kappa shape index (κ3) is 3.30. The third-order valence-electron chi connectivity index (χ3n) is 3.61. The van der Waals surface area contributed by atoms with Gasteiger partial charge in [0.2, 0.25) is 0 Å². The van der Waals surface area contributed by atoms with E-state index in [1.54, 1.807) is 7.11 Å². The van der Waals surface area contributed by atoms with E-state index in [2.05, 4.69) is 20.8 Å². The monoisotopic (exact) mass is 285 g/mol. The third-order valence-corrected chi connectivity index (χ3v) is 3.61. The summed E-state index contributed by atoms with van der Waals surface area (Å²) in [6, 6.07) is 11.4. The smallest absolute Gasteiger partial charge is 0.122 e. The highest BCUT2D eigenvalue weighted by molar-refractivity contribution is 5.52. The quantitative estimate of drug-likeness (QED) is 0.842. The number of benzene rings is 2. The van der Waals surface area contributed by atoms with E-state index in [1.165, 1.54) is 0 Å². The van der Waals surface area contributed by atoms with E-state index >= 15 is 0 Å². The van der Waals surface area contributed by atoms with E-state index < -0.39 is 0 Å². The van der Waals surface area contributed by atoms with E-state index in [4.69, 9.17) is 10.5 Å². The van der Waals surface area contributed by atoms with Gasteiger partial charge in [0.1, 0.15) is 11.5 Å². The van der Waals surface area contributed by atoms with Gasteiger partial charge in [0.25, 0.3) is 0 Å². The number of nitrogen functional groups attached to an aromatic ring is 1. The summed E-state index contributed by atoms with van der Waals surface area (Å²) in [5, 5.41) is 10.5. The topological polar surface area (TPSA) is 55.5 Å². The number of hydrogen-bond donors (Lipinski definition) is 2. The van der Waals surface area contributed by atoms with Gasteiger partial charge in [0, 0.05) is 17.7 Å². The van der Waals surface area contributed by atoms with Gasteiger partial charge in [0.05, 0.1) is 7.11 Å². The van der Waals surface area contributed by atoms with Crippen molar-refractivity contribution in [3.05, 3.63) is 53.1 Å². The number of rotatable bonds is 3. The van der Waals surface area contributed by atoms with E-state index in [1.807, 2.05) is 36.4 Å². The van der Waals surface area contributed by atoms with Crippen LogP contribution in [0.2, 0.25) is 0 Å². The van der Waals surface area contributed by atoms with Crippen LogP contribution in [0, 0.1) is 0 Å². The van der Waals surface area contributed by atoms with Gasteiger partial charge in [-0.25, -0.2) is 0 Å². The molecule has 3 heteroatoms. The molecule has 0 aliphatic heterocycles. The average Bonchev–Trinajstić information content (AvgIpc) is 2.40. The van der Waals surface area contributed by atoms with Crippen LogP contribution in [-0.4, -0.2) is 12.2 Å². The Morgan fingerprint density at radius 2 is 1.81 bits per heavy atom.